The Morgan fingerprint density at radius 1 is 0.697 bits per heavy atom. The molecule has 33 heavy (non-hydrogen) atoms. The van der Waals surface area contributed by atoms with Gasteiger partial charge in [-0.05, 0) is 67.1 Å². The standard InChI is InChI=1S/C30H22F2O/c1-2-3-21-33-26-17-11-23(12-18-26)10-14-25-16-15-24(13-9-22-7-5-4-6-8-22)27-19-20-28(31)30(32)29(25)27/h4-8,11-12,15-20H,2-3,21H2,1H3. The van der Waals surface area contributed by atoms with Crippen LogP contribution in [0.2, 0.25) is 0 Å². The van der Waals surface area contributed by atoms with E-state index in [0.29, 0.717) is 23.1 Å². The Kier molecular flexibility index (Phi) is 7.03. The average molecular weight is 437 g/mol. The zero-order valence-electron chi connectivity index (χ0n) is 18.3. The van der Waals surface area contributed by atoms with Gasteiger partial charge < -0.3 is 4.74 Å². The molecule has 0 aliphatic rings. The molecule has 0 aliphatic carbocycles. The van der Waals surface area contributed by atoms with Crippen LogP contribution in [0.1, 0.15) is 42.0 Å². The summed E-state index contributed by atoms with van der Waals surface area (Å²) in [6.07, 6.45) is 2.08. The number of hydrogen-bond donors (Lipinski definition) is 0. The summed E-state index contributed by atoms with van der Waals surface area (Å²) in [5.41, 5.74) is 2.64. The summed E-state index contributed by atoms with van der Waals surface area (Å²) in [7, 11) is 0. The number of benzene rings is 4. The van der Waals surface area contributed by atoms with E-state index in [2.05, 4.69) is 30.6 Å². The van der Waals surface area contributed by atoms with Crippen LogP contribution in [0.25, 0.3) is 10.8 Å². The fraction of sp³-hybridized carbons (Fsp3) is 0.133. The predicted octanol–water partition coefficient (Wildman–Crippen LogP) is 7.10. The average Bonchev–Trinajstić information content (AvgIpc) is 2.85. The highest BCUT2D eigenvalue weighted by Gasteiger charge is 2.13. The summed E-state index contributed by atoms with van der Waals surface area (Å²) in [6.45, 7) is 2.79. The summed E-state index contributed by atoms with van der Waals surface area (Å²) in [5, 5.41) is 0.672. The molecule has 0 amide bonds. The number of unbranched alkanes of at least 4 members (excludes halogenated alkanes) is 1. The smallest absolute Gasteiger partial charge is 0.167 e. The third-order valence-electron chi connectivity index (χ3n) is 5.15. The van der Waals surface area contributed by atoms with E-state index in [9.17, 15) is 8.78 Å². The molecule has 0 fully saturated rings. The minimum absolute atomic E-state index is 0.141. The van der Waals surface area contributed by atoms with Crippen LogP contribution < -0.4 is 4.74 Å². The fourth-order valence-electron chi connectivity index (χ4n) is 3.36. The van der Waals surface area contributed by atoms with Gasteiger partial charge in [-0.2, -0.15) is 0 Å². The molecule has 3 heteroatoms. The van der Waals surface area contributed by atoms with E-state index in [0.717, 1.165) is 35.8 Å². The Balaban J connectivity index is 1.68. The summed E-state index contributed by atoms with van der Waals surface area (Å²) >= 11 is 0. The van der Waals surface area contributed by atoms with E-state index in [1.165, 1.54) is 0 Å². The molecule has 1 nitrogen and oxygen atoms in total. The molecule has 0 bridgehead atoms. The lowest BCUT2D eigenvalue weighted by Gasteiger charge is -2.06. The van der Waals surface area contributed by atoms with E-state index < -0.39 is 11.6 Å². The van der Waals surface area contributed by atoms with E-state index in [4.69, 9.17) is 4.74 Å². The maximum absolute atomic E-state index is 14.8. The van der Waals surface area contributed by atoms with Crippen LogP contribution in [0.4, 0.5) is 8.78 Å². The monoisotopic (exact) mass is 436 g/mol. The molecule has 0 heterocycles. The lowest BCUT2D eigenvalue weighted by Crippen LogP contribution is -1.96. The van der Waals surface area contributed by atoms with Crippen molar-refractivity contribution < 1.29 is 13.5 Å². The van der Waals surface area contributed by atoms with E-state index in [1.54, 1.807) is 18.2 Å². The zero-order chi connectivity index (χ0) is 23.0. The molecule has 0 aliphatic heterocycles. The second-order valence-corrected chi connectivity index (χ2v) is 7.54. The van der Waals surface area contributed by atoms with Crippen molar-refractivity contribution >= 4 is 10.8 Å². The molecule has 0 saturated heterocycles. The van der Waals surface area contributed by atoms with Gasteiger partial charge in [-0.25, -0.2) is 8.78 Å². The van der Waals surface area contributed by atoms with E-state index in [1.807, 2.05) is 54.6 Å². The maximum atomic E-state index is 14.8. The first-order valence-electron chi connectivity index (χ1n) is 10.9. The molecule has 162 valence electrons. The summed E-state index contributed by atoms with van der Waals surface area (Å²) < 4.78 is 34.6. The first-order valence-corrected chi connectivity index (χ1v) is 10.9. The van der Waals surface area contributed by atoms with Crippen molar-refractivity contribution in [1.29, 1.82) is 0 Å². The van der Waals surface area contributed by atoms with Crippen molar-refractivity contribution in [2.45, 2.75) is 19.8 Å². The van der Waals surface area contributed by atoms with Gasteiger partial charge in [0.2, 0.25) is 0 Å². The van der Waals surface area contributed by atoms with Gasteiger partial charge in [-0.15, -0.1) is 0 Å². The number of fused-ring (bicyclic) bond motifs is 1. The van der Waals surface area contributed by atoms with Crippen LogP contribution in [-0.4, -0.2) is 6.61 Å². The van der Waals surface area contributed by atoms with Crippen LogP contribution in [0.3, 0.4) is 0 Å². The lowest BCUT2D eigenvalue weighted by molar-refractivity contribution is 0.309. The molecule has 0 spiro atoms. The predicted molar refractivity (Wildman–Crippen MR) is 129 cm³/mol. The number of rotatable bonds is 4. The summed E-state index contributed by atoms with van der Waals surface area (Å²) in [5.74, 6) is 11.2. The van der Waals surface area contributed by atoms with Crippen LogP contribution >= 0.6 is 0 Å². The Labute approximate surface area is 193 Å². The Morgan fingerprint density at radius 2 is 1.36 bits per heavy atom. The van der Waals surface area contributed by atoms with Crippen molar-refractivity contribution in [3.8, 4) is 29.4 Å². The van der Waals surface area contributed by atoms with Crippen LogP contribution in [0, 0.1) is 35.3 Å². The SMILES string of the molecule is CCCCOc1ccc(C#Cc2ccc(C#Cc3ccccc3)c3ccc(F)c(F)c23)cc1. The molecule has 0 atom stereocenters. The van der Waals surface area contributed by atoms with Gasteiger partial charge in [0.25, 0.3) is 0 Å². The summed E-state index contributed by atoms with van der Waals surface area (Å²) in [4.78, 5) is 0. The first kappa shape index (κ1) is 22.1. The van der Waals surface area contributed by atoms with Gasteiger partial charge in [-0.3, -0.25) is 0 Å². The van der Waals surface area contributed by atoms with E-state index in [-0.39, 0.29) is 5.39 Å². The second-order valence-electron chi connectivity index (χ2n) is 7.54. The largest absolute Gasteiger partial charge is 0.494 e. The van der Waals surface area contributed by atoms with Gasteiger partial charge in [-0.1, -0.05) is 55.2 Å². The zero-order valence-corrected chi connectivity index (χ0v) is 18.3. The highest BCUT2D eigenvalue weighted by atomic mass is 19.2. The third-order valence-corrected chi connectivity index (χ3v) is 5.15. The number of hydrogen-bond acceptors (Lipinski definition) is 1. The molecular weight excluding hydrogens is 414 g/mol. The van der Waals surface area contributed by atoms with Crippen LogP contribution in [0.5, 0.6) is 5.75 Å². The minimum Gasteiger partial charge on any atom is -0.494 e. The van der Waals surface area contributed by atoms with Gasteiger partial charge in [0.1, 0.15) is 5.75 Å². The third kappa shape index (κ3) is 5.40. The van der Waals surface area contributed by atoms with Gasteiger partial charge in [0.05, 0.1) is 6.61 Å². The van der Waals surface area contributed by atoms with Gasteiger partial charge in [0.15, 0.2) is 11.6 Å². The Bertz CT molecular complexity index is 1380. The van der Waals surface area contributed by atoms with Crippen molar-refractivity contribution in [3.05, 3.63) is 113 Å². The first-order chi connectivity index (χ1) is 16.2. The van der Waals surface area contributed by atoms with Gasteiger partial charge in [0, 0.05) is 33.0 Å². The highest BCUT2D eigenvalue weighted by molar-refractivity contribution is 5.93. The quantitative estimate of drug-likeness (QED) is 0.245. The molecule has 4 aromatic carbocycles. The second kappa shape index (κ2) is 10.5. The van der Waals surface area contributed by atoms with Crippen molar-refractivity contribution in [2.75, 3.05) is 6.61 Å². The Hall–Kier alpha value is -4.08. The van der Waals surface area contributed by atoms with Crippen molar-refractivity contribution in [2.24, 2.45) is 0 Å². The fourth-order valence-corrected chi connectivity index (χ4v) is 3.36. The minimum atomic E-state index is -0.917. The Morgan fingerprint density at radius 3 is 2.09 bits per heavy atom. The number of ether oxygens (including phenoxy) is 1. The molecule has 0 saturated carbocycles. The van der Waals surface area contributed by atoms with Crippen LogP contribution in [-0.2, 0) is 0 Å². The number of halogens is 2. The lowest BCUT2D eigenvalue weighted by atomic mass is 9.98. The molecule has 0 aromatic heterocycles. The molecule has 4 rings (SSSR count). The molecule has 4 aromatic rings. The van der Waals surface area contributed by atoms with Crippen LogP contribution in [0.15, 0.2) is 78.9 Å². The molecule has 0 unspecified atom stereocenters. The van der Waals surface area contributed by atoms with E-state index >= 15 is 0 Å². The molecule has 0 N–H and O–H groups in total. The summed E-state index contributed by atoms with van der Waals surface area (Å²) in [6, 6.07) is 23.1. The molecular formula is C30H22F2O. The normalized spacial score (nSPS) is 10.2. The van der Waals surface area contributed by atoms with Crippen molar-refractivity contribution in [1.82, 2.24) is 0 Å². The maximum Gasteiger partial charge on any atom is 0.167 e. The van der Waals surface area contributed by atoms with Gasteiger partial charge >= 0.3 is 0 Å². The highest BCUT2D eigenvalue weighted by Crippen LogP contribution is 2.27. The molecule has 0 radical (unpaired) electrons. The topological polar surface area (TPSA) is 9.23 Å². The van der Waals surface area contributed by atoms with Crippen molar-refractivity contribution in [3.63, 3.8) is 0 Å².